The van der Waals surface area contributed by atoms with Crippen LogP contribution in [0.3, 0.4) is 0 Å². The maximum atomic E-state index is 12.4. The van der Waals surface area contributed by atoms with E-state index in [-0.39, 0.29) is 54.8 Å². The number of allylic oxidation sites excluding steroid dienone is 3. The molecule has 0 radical (unpaired) electrons. The summed E-state index contributed by atoms with van der Waals surface area (Å²) in [5.74, 6) is -3.13. The van der Waals surface area contributed by atoms with Crippen LogP contribution in [0, 0.1) is 13.8 Å². The number of aliphatic carboxylic acids is 2. The first-order valence-corrected chi connectivity index (χ1v) is 14.8. The smallest absolute Gasteiger partial charge is 0.303 e. The summed E-state index contributed by atoms with van der Waals surface area (Å²) in [4.78, 5) is 77.9. The van der Waals surface area contributed by atoms with Crippen LogP contribution in [0.1, 0.15) is 85.6 Å². The van der Waals surface area contributed by atoms with Crippen molar-refractivity contribution in [3.8, 4) is 0 Å². The molecule has 0 saturated heterocycles. The minimum absolute atomic E-state index is 0.0293. The number of Topliss-reactive ketones (excluding diaryl/α,β-unsaturated/α-hetero) is 2. The van der Waals surface area contributed by atoms with Gasteiger partial charge < -0.3 is 30.8 Å². The minimum Gasteiger partial charge on any atom is -0.481 e. The van der Waals surface area contributed by atoms with E-state index in [1.807, 2.05) is 13.8 Å². The molecule has 3 rings (SSSR count). The van der Waals surface area contributed by atoms with Gasteiger partial charge in [-0.05, 0) is 99.9 Å². The number of aromatic nitrogens is 2. The maximum Gasteiger partial charge on any atom is 0.303 e. The molecular weight excluding hydrogens is 592 g/mol. The number of carbonyl (C=O) groups is 6. The highest BCUT2D eigenvalue weighted by Crippen LogP contribution is 2.31. The number of hydrogen-bond donors (Lipinski definition) is 6. The van der Waals surface area contributed by atoms with E-state index in [0.717, 1.165) is 22.3 Å². The number of hydrogen-bond acceptors (Lipinski definition) is 7. The van der Waals surface area contributed by atoms with Crippen molar-refractivity contribution in [2.45, 2.75) is 73.6 Å². The second-order valence-electron chi connectivity index (χ2n) is 11.3. The van der Waals surface area contributed by atoms with Crippen LogP contribution in [-0.4, -0.2) is 62.9 Å². The number of aldehydes is 1. The SMILES string of the molecule is CNC(=C\c1[nH]c(Cc2[nH]c(/C=C3\NC(=O)C(C(C)=O)=C3C)c(C)c2CCC(=O)O)c(CCC(=O)O)c1C)/C(C)=C(\C=O)C(C)=O. The molecule has 12 heteroatoms. The topological polar surface area (TPSA) is 199 Å². The molecule has 2 aromatic heterocycles. The van der Waals surface area contributed by atoms with Gasteiger partial charge in [-0.3, -0.25) is 28.8 Å². The first-order chi connectivity index (χ1) is 21.6. The van der Waals surface area contributed by atoms with Crippen LogP contribution < -0.4 is 10.6 Å². The van der Waals surface area contributed by atoms with Crippen molar-refractivity contribution in [1.29, 1.82) is 0 Å². The van der Waals surface area contributed by atoms with Gasteiger partial charge in [-0.15, -0.1) is 0 Å². The number of aromatic amines is 2. The minimum atomic E-state index is -0.965. The van der Waals surface area contributed by atoms with Crippen LogP contribution in [0.4, 0.5) is 0 Å². The Bertz CT molecular complexity index is 1760. The Kier molecular flexibility index (Phi) is 11.2. The summed E-state index contributed by atoms with van der Waals surface area (Å²) in [6.45, 7) is 9.68. The Balaban J connectivity index is 2.19. The van der Waals surface area contributed by atoms with E-state index in [1.54, 1.807) is 33.0 Å². The summed E-state index contributed by atoms with van der Waals surface area (Å²) < 4.78 is 0. The van der Waals surface area contributed by atoms with Crippen molar-refractivity contribution >= 4 is 47.9 Å². The van der Waals surface area contributed by atoms with E-state index >= 15 is 0 Å². The van der Waals surface area contributed by atoms with Gasteiger partial charge in [0.25, 0.3) is 5.91 Å². The highest BCUT2D eigenvalue weighted by atomic mass is 16.4. The number of likely N-dealkylation sites (N-methyl/N-ethyl adjacent to an activating group) is 1. The molecule has 0 spiro atoms. The third-order valence-corrected chi connectivity index (χ3v) is 8.30. The highest BCUT2D eigenvalue weighted by molar-refractivity contribution is 6.22. The number of rotatable bonds is 15. The normalized spacial score (nSPS) is 14.8. The molecule has 1 aliphatic heterocycles. The molecule has 2 aromatic rings. The average Bonchev–Trinajstić information content (AvgIpc) is 3.53. The number of carbonyl (C=O) groups excluding carboxylic acids is 4. The zero-order valence-corrected chi connectivity index (χ0v) is 27.1. The summed E-state index contributed by atoms with van der Waals surface area (Å²) in [7, 11) is 1.66. The van der Waals surface area contributed by atoms with E-state index in [1.165, 1.54) is 13.8 Å². The largest absolute Gasteiger partial charge is 0.481 e. The molecule has 46 heavy (non-hydrogen) atoms. The van der Waals surface area contributed by atoms with Crippen LogP contribution in [-0.2, 0) is 48.0 Å². The Hall–Kier alpha value is -5.26. The predicted octanol–water partition coefficient (Wildman–Crippen LogP) is 3.63. The molecule has 1 aliphatic rings. The monoisotopic (exact) mass is 632 g/mol. The van der Waals surface area contributed by atoms with Crippen LogP contribution in [0.5, 0.6) is 0 Å². The van der Waals surface area contributed by atoms with Gasteiger partial charge in [0.1, 0.15) is 0 Å². The second-order valence-corrected chi connectivity index (χ2v) is 11.3. The van der Waals surface area contributed by atoms with E-state index in [4.69, 9.17) is 0 Å². The van der Waals surface area contributed by atoms with Gasteiger partial charge in [0.15, 0.2) is 17.9 Å². The molecule has 0 unspecified atom stereocenters. The molecule has 6 N–H and O–H groups in total. The zero-order chi connectivity index (χ0) is 34.5. The molecule has 0 atom stereocenters. The predicted molar refractivity (Wildman–Crippen MR) is 172 cm³/mol. The first kappa shape index (κ1) is 35.2. The first-order valence-electron chi connectivity index (χ1n) is 14.8. The van der Waals surface area contributed by atoms with Crippen molar-refractivity contribution in [3.05, 3.63) is 78.7 Å². The summed E-state index contributed by atoms with van der Waals surface area (Å²) in [6, 6.07) is 0. The number of nitrogens with one attached hydrogen (secondary N) is 4. The van der Waals surface area contributed by atoms with Crippen molar-refractivity contribution in [1.82, 2.24) is 20.6 Å². The fraction of sp³-hybridized carbons (Fsp3) is 0.353. The van der Waals surface area contributed by atoms with E-state index in [9.17, 15) is 39.0 Å². The Labute approximate surface area is 266 Å². The Morgan fingerprint density at radius 2 is 1.37 bits per heavy atom. The third-order valence-electron chi connectivity index (χ3n) is 8.30. The lowest BCUT2D eigenvalue weighted by Crippen LogP contribution is -2.19. The number of carboxylic acid groups (broad SMARTS) is 2. The summed E-state index contributed by atoms with van der Waals surface area (Å²) >= 11 is 0. The molecule has 1 amide bonds. The molecule has 0 bridgehead atoms. The van der Waals surface area contributed by atoms with Gasteiger partial charge in [-0.1, -0.05) is 0 Å². The lowest BCUT2D eigenvalue weighted by Gasteiger charge is -2.10. The molecule has 244 valence electrons. The number of amides is 1. The zero-order valence-electron chi connectivity index (χ0n) is 27.1. The van der Waals surface area contributed by atoms with Crippen molar-refractivity contribution in [2.24, 2.45) is 0 Å². The van der Waals surface area contributed by atoms with Crippen LogP contribution in [0.25, 0.3) is 12.2 Å². The van der Waals surface area contributed by atoms with Gasteiger partial charge in [-0.25, -0.2) is 0 Å². The van der Waals surface area contributed by atoms with Crippen LogP contribution >= 0.6 is 0 Å². The van der Waals surface area contributed by atoms with Gasteiger partial charge >= 0.3 is 11.9 Å². The van der Waals surface area contributed by atoms with Crippen LogP contribution in [0.15, 0.2) is 33.7 Å². The average molecular weight is 633 g/mol. The Morgan fingerprint density at radius 3 is 1.80 bits per heavy atom. The van der Waals surface area contributed by atoms with Gasteiger partial charge in [0.05, 0.1) is 11.1 Å². The summed E-state index contributed by atoms with van der Waals surface area (Å²) in [5, 5.41) is 24.7. The summed E-state index contributed by atoms with van der Waals surface area (Å²) in [5.41, 5.74) is 7.89. The standard InChI is InChI=1S/C34H40N4O8/c1-16-22(8-10-31(42)43)29(36-26(16)12-25(35-7)18(3)24(15-39)20(5)40)14-30-23(9-11-32(44)45)17(2)27(37-30)13-28-19(4)33(21(6)41)34(46)38-28/h12-13,15,35-37H,8-11,14H2,1-7H3,(H,38,46)(H,42,43)(H,44,45)/b24-18+,25-12-,28-13-. The fourth-order valence-electron chi connectivity index (χ4n) is 5.74. The molecule has 3 heterocycles. The molecule has 0 aliphatic carbocycles. The van der Waals surface area contributed by atoms with Crippen LogP contribution in [0.2, 0.25) is 0 Å². The second kappa shape index (κ2) is 14.7. The van der Waals surface area contributed by atoms with Gasteiger partial charge in [-0.2, -0.15) is 0 Å². The maximum absolute atomic E-state index is 12.4. The van der Waals surface area contributed by atoms with Crippen molar-refractivity contribution in [3.63, 3.8) is 0 Å². The molecule has 0 aromatic carbocycles. The number of H-pyrrole nitrogens is 2. The summed E-state index contributed by atoms with van der Waals surface area (Å²) in [6.07, 6.45) is 4.48. The third kappa shape index (κ3) is 7.68. The van der Waals surface area contributed by atoms with E-state index < -0.39 is 17.8 Å². The molecule has 0 saturated carbocycles. The van der Waals surface area contributed by atoms with Gasteiger partial charge in [0.2, 0.25) is 0 Å². The van der Waals surface area contributed by atoms with Crippen molar-refractivity contribution < 1.29 is 39.0 Å². The molecule has 0 fully saturated rings. The van der Waals surface area contributed by atoms with Gasteiger partial charge in [0, 0.05) is 60.5 Å². The molecular formula is C34H40N4O8. The quantitative estimate of drug-likeness (QED) is 0.0558. The number of ketones is 2. The lowest BCUT2D eigenvalue weighted by atomic mass is 9.98. The van der Waals surface area contributed by atoms with Crippen molar-refractivity contribution in [2.75, 3.05) is 7.05 Å². The lowest BCUT2D eigenvalue weighted by molar-refractivity contribution is -0.138. The fourth-order valence-corrected chi connectivity index (χ4v) is 5.74. The molecule has 12 nitrogen and oxygen atoms in total. The number of carboxylic acids is 2. The Morgan fingerprint density at radius 1 is 0.848 bits per heavy atom. The highest BCUT2D eigenvalue weighted by Gasteiger charge is 2.28. The van der Waals surface area contributed by atoms with E-state index in [2.05, 4.69) is 20.6 Å². The van der Waals surface area contributed by atoms with E-state index in [0.29, 0.717) is 51.6 Å².